The number of anilines is 2. The standard InChI is InChI=1S/C15H11BrN2O2/c1-9-7-10(5-6-11(9)15(19)20)18-14-4-2-3-13(16)12(14)8-17/h2-7,18H,1H3,(H,19,20). The van der Waals surface area contributed by atoms with Crippen LogP contribution >= 0.6 is 15.9 Å². The number of benzene rings is 2. The molecule has 5 heteroatoms. The van der Waals surface area contributed by atoms with E-state index in [0.717, 1.165) is 5.69 Å². The lowest BCUT2D eigenvalue weighted by atomic mass is 10.1. The van der Waals surface area contributed by atoms with Crippen LogP contribution in [0.15, 0.2) is 40.9 Å². The monoisotopic (exact) mass is 330 g/mol. The number of nitrogens with zero attached hydrogens (tertiary/aromatic N) is 1. The van der Waals surface area contributed by atoms with E-state index in [0.29, 0.717) is 21.3 Å². The molecule has 2 aromatic carbocycles. The summed E-state index contributed by atoms with van der Waals surface area (Å²) in [6.07, 6.45) is 0. The minimum absolute atomic E-state index is 0.269. The van der Waals surface area contributed by atoms with Crippen molar-refractivity contribution in [1.29, 1.82) is 5.26 Å². The van der Waals surface area contributed by atoms with Gasteiger partial charge >= 0.3 is 5.97 Å². The summed E-state index contributed by atoms with van der Waals surface area (Å²) in [5, 5.41) is 21.3. The molecule has 0 aromatic heterocycles. The van der Waals surface area contributed by atoms with E-state index >= 15 is 0 Å². The number of carboxylic acids is 1. The van der Waals surface area contributed by atoms with Crippen molar-refractivity contribution >= 4 is 33.3 Å². The predicted molar refractivity (Wildman–Crippen MR) is 80.3 cm³/mol. The summed E-state index contributed by atoms with van der Waals surface area (Å²) in [7, 11) is 0. The van der Waals surface area contributed by atoms with Gasteiger partial charge in [-0.25, -0.2) is 4.79 Å². The number of hydrogen-bond donors (Lipinski definition) is 2. The first-order chi connectivity index (χ1) is 9.52. The number of aryl methyl sites for hydroxylation is 1. The van der Waals surface area contributed by atoms with Crippen LogP contribution in [-0.4, -0.2) is 11.1 Å². The average molecular weight is 331 g/mol. The van der Waals surface area contributed by atoms with Crippen LogP contribution in [0, 0.1) is 18.3 Å². The molecule has 0 aliphatic rings. The number of nitrogens with one attached hydrogen (secondary N) is 1. The van der Waals surface area contributed by atoms with Gasteiger partial charge in [0.15, 0.2) is 0 Å². The number of hydrogen-bond acceptors (Lipinski definition) is 3. The molecule has 0 aliphatic heterocycles. The van der Waals surface area contributed by atoms with Gasteiger partial charge in [0.1, 0.15) is 6.07 Å². The van der Waals surface area contributed by atoms with Crippen LogP contribution < -0.4 is 5.32 Å². The second-order valence-electron chi connectivity index (χ2n) is 4.23. The van der Waals surface area contributed by atoms with Crippen LogP contribution in [0.1, 0.15) is 21.5 Å². The Morgan fingerprint density at radius 1 is 1.35 bits per heavy atom. The molecule has 2 N–H and O–H groups in total. The van der Waals surface area contributed by atoms with E-state index in [-0.39, 0.29) is 5.56 Å². The summed E-state index contributed by atoms with van der Waals surface area (Å²) in [5.74, 6) is -0.950. The quantitative estimate of drug-likeness (QED) is 0.889. The van der Waals surface area contributed by atoms with Crippen molar-refractivity contribution in [3.8, 4) is 6.07 Å². The van der Waals surface area contributed by atoms with E-state index < -0.39 is 5.97 Å². The van der Waals surface area contributed by atoms with Gasteiger partial charge in [-0.3, -0.25) is 0 Å². The van der Waals surface area contributed by atoms with Gasteiger partial charge in [-0.2, -0.15) is 5.26 Å². The van der Waals surface area contributed by atoms with Crippen LogP contribution in [0.3, 0.4) is 0 Å². The van der Waals surface area contributed by atoms with Crippen LogP contribution in [0.4, 0.5) is 11.4 Å². The molecule has 0 bridgehead atoms. The molecule has 4 nitrogen and oxygen atoms in total. The molecule has 0 spiro atoms. The maximum Gasteiger partial charge on any atom is 0.335 e. The molecule has 0 heterocycles. The summed E-state index contributed by atoms with van der Waals surface area (Å²) in [6.45, 7) is 1.74. The van der Waals surface area contributed by atoms with Crippen molar-refractivity contribution in [2.24, 2.45) is 0 Å². The van der Waals surface area contributed by atoms with Gasteiger partial charge in [-0.15, -0.1) is 0 Å². The molecule has 2 aromatic rings. The number of nitriles is 1. The number of carbonyl (C=O) groups is 1. The first-order valence-corrected chi connectivity index (χ1v) is 6.62. The largest absolute Gasteiger partial charge is 0.478 e. The van der Waals surface area contributed by atoms with Crippen molar-refractivity contribution in [2.75, 3.05) is 5.32 Å². The van der Waals surface area contributed by atoms with Gasteiger partial charge in [0, 0.05) is 10.2 Å². The Bertz CT molecular complexity index is 720. The average Bonchev–Trinajstić information content (AvgIpc) is 2.38. The lowest BCUT2D eigenvalue weighted by Crippen LogP contribution is -2.01. The minimum Gasteiger partial charge on any atom is -0.478 e. The fraction of sp³-hybridized carbons (Fsp3) is 0.0667. The molecule has 0 radical (unpaired) electrons. The fourth-order valence-electron chi connectivity index (χ4n) is 1.88. The lowest BCUT2D eigenvalue weighted by molar-refractivity contribution is 0.0696. The van der Waals surface area contributed by atoms with Crippen molar-refractivity contribution in [3.05, 3.63) is 57.6 Å². The second-order valence-corrected chi connectivity index (χ2v) is 5.09. The zero-order valence-electron chi connectivity index (χ0n) is 10.6. The summed E-state index contributed by atoms with van der Waals surface area (Å²) in [4.78, 5) is 11.0. The van der Waals surface area contributed by atoms with Crippen LogP contribution in [0.5, 0.6) is 0 Å². The Balaban J connectivity index is 2.37. The van der Waals surface area contributed by atoms with E-state index in [4.69, 9.17) is 10.4 Å². The third kappa shape index (κ3) is 2.81. The van der Waals surface area contributed by atoms with Crippen molar-refractivity contribution in [3.63, 3.8) is 0 Å². The Morgan fingerprint density at radius 2 is 2.10 bits per heavy atom. The van der Waals surface area contributed by atoms with E-state index in [2.05, 4.69) is 27.3 Å². The maximum absolute atomic E-state index is 11.0. The third-order valence-corrected chi connectivity index (χ3v) is 3.52. The maximum atomic E-state index is 11.0. The summed E-state index contributed by atoms with van der Waals surface area (Å²) >= 11 is 3.33. The Hall–Kier alpha value is -2.32. The molecule has 100 valence electrons. The first kappa shape index (κ1) is 14.1. The highest BCUT2D eigenvalue weighted by Crippen LogP contribution is 2.27. The van der Waals surface area contributed by atoms with Gasteiger partial charge in [0.2, 0.25) is 0 Å². The molecular formula is C15H11BrN2O2. The van der Waals surface area contributed by atoms with Gasteiger partial charge in [0.05, 0.1) is 16.8 Å². The molecule has 0 fully saturated rings. The van der Waals surface area contributed by atoms with Crippen molar-refractivity contribution < 1.29 is 9.90 Å². The van der Waals surface area contributed by atoms with Crippen LogP contribution in [0.2, 0.25) is 0 Å². The van der Waals surface area contributed by atoms with Gasteiger partial charge in [0.25, 0.3) is 0 Å². The second kappa shape index (κ2) is 5.76. The predicted octanol–water partition coefficient (Wildman–Crippen LogP) is 4.07. The molecular weight excluding hydrogens is 320 g/mol. The van der Waals surface area contributed by atoms with Crippen molar-refractivity contribution in [1.82, 2.24) is 0 Å². The zero-order valence-corrected chi connectivity index (χ0v) is 12.2. The van der Waals surface area contributed by atoms with E-state index in [1.54, 1.807) is 37.3 Å². The molecule has 0 amide bonds. The molecule has 20 heavy (non-hydrogen) atoms. The summed E-state index contributed by atoms with van der Waals surface area (Å²) in [6, 6.07) is 12.5. The van der Waals surface area contributed by atoms with Gasteiger partial charge in [-0.1, -0.05) is 6.07 Å². The molecule has 0 unspecified atom stereocenters. The Morgan fingerprint density at radius 3 is 2.70 bits per heavy atom. The normalized spacial score (nSPS) is 9.85. The van der Waals surface area contributed by atoms with Crippen molar-refractivity contribution in [2.45, 2.75) is 6.92 Å². The third-order valence-electron chi connectivity index (χ3n) is 2.86. The van der Waals surface area contributed by atoms with E-state index in [9.17, 15) is 4.79 Å². The highest BCUT2D eigenvalue weighted by Gasteiger charge is 2.09. The zero-order chi connectivity index (χ0) is 14.7. The molecule has 0 saturated heterocycles. The van der Waals surface area contributed by atoms with Crippen LogP contribution in [-0.2, 0) is 0 Å². The molecule has 0 saturated carbocycles. The fourth-order valence-corrected chi connectivity index (χ4v) is 2.33. The smallest absolute Gasteiger partial charge is 0.335 e. The number of carboxylic acid groups (broad SMARTS) is 1. The van der Waals surface area contributed by atoms with Crippen LogP contribution in [0.25, 0.3) is 0 Å². The number of rotatable bonds is 3. The number of halogens is 1. The topological polar surface area (TPSA) is 73.1 Å². The minimum atomic E-state index is -0.950. The Labute approximate surface area is 124 Å². The number of aromatic carboxylic acids is 1. The highest BCUT2D eigenvalue weighted by molar-refractivity contribution is 9.10. The van der Waals surface area contributed by atoms with Gasteiger partial charge < -0.3 is 10.4 Å². The Kier molecular flexibility index (Phi) is 4.06. The summed E-state index contributed by atoms with van der Waals surface area (Å²) in [5.41, 5.74) is 2.85. The lowest BCUT2D eigenvalue weighted by Gasteiger charge is -2.11. The molecule has 2 rings (SSSR count). The first-order valence-electron chi connectivity index (χ1n) is 5.82. The highest BCUT2D eigenvalue weighted by atomic mass is 79.9. The molecule has 0 atom stereocenters. The molecule has 0 aliphatic carbocycles. The summed E-state index contributed by atoms with van der Waals surface area (Å²) < 4.78 is 0.712. The van der Waals surface area contributed by atoms with Gasteiger partial charge in [-0.05, 0) is 58.7 Å². The SMILES string of the molecule is Cc1cc(Nc2cccc(Br)c2C#N)ccc1C(=O)O. The van der Waals surface area contributed by atoms with E-state index in [1.807, 2.05) is 6.07 Å². The van der Waals surface area contributed by atoms with E-state index in [1.165, 1.54) is 0 Å².